The van der Waals surface area contributed by atoms with Gasteiger partial charge in [0.1, 0.15) is 6.29 Å². The first-order valence-corrected chi connectivity index (χ1v) is 27.2. The molecule has 4 saturated carbocycles. The maximum absolute atomic E-state index is 12.4. The van der Waals surface area contributed by atoms with Crippen molar-refractivity contribution in [3.63, 3.8) is 0 Å². The summed E-state index contributed by atoms with van der Waals surface area (Å²) >= 11 is 0. The van der Waals surface area contributed by atoms with Crippen LogP contribution in [0.5, 0.6) is 46.0 Å². The maximum atomic E-state index is 12.4. The van der Waals surface area contributed by atoms with E-state index in [-0.39, 0.29) is 105 Å². The fraction of sp³-hybridized carbons (Fsp3) is 0.474. The number of ether oxygens (including phenoxy) is 8. The molecule has 1 N–H and O–H groups in total. The number of carbonyl (C=O) groups is 3. The van der Waals surface area contributed by atoms with Crippen LogP contribution in [0.25, 0.3) is 0 Å². The summed E-state index contributed by atoms with van der Waals surface area (Å²) in [6, 6.07) is 17.1. The third-order valence-electron chi connectivity index (χ3n) is 11.2. The summed E-state index contributed by atoms with van der Waals surface area (Å²) in [6.45, 7) is -2.40. The van der Waals surface area contributed by atoms with E-state index in [2.05, 4.69) is 32.3 Å². The third-order valence-corrected chi connectivity index (χ3v) is 11.2. The van der Waals surface area contributed by atoms with Crippen LogP contribution in [0.4, 0.5) is 35.1 Å². The molecular weight excluding hydrogens is 1180 g/mol. The number of hydrogen-bond acceptors (Lipinski definition) is 13. The van der Waals surface area contributed by atoms with Gasteiger partial charge in [-0.25, -0.2) is 0 Å². The molecule has 8 rings (SSSR count). The summed E-state index contributed by atoms with van der Waals surface area (Å²) in [5, 5.41) is 9.47. The van der Waals surface area contributed by atoms with Crippen LogP contribution in [0, 0.1) is 31.1 Å². The second kappa shape index (κ2) is 38.6. The molecule has 0 amide bonds. The molecule has 4 aliphatic rings. The van der Waals surface area contributed by atoms with E-state index in [0.717, 1.165) is 59.9 Å². The number of ketones is 2. The first-order valence-electron chi connectivity index (χ1n) is 25.2. The number of nitrogens with zero attached hydrogens (tertiary/aromatic N) is 1. The molecule has 4 aromatic rings. The molecule has 24 heteroatoms. The van der Waals surface area contributed by atoms with Gasteiger partial charge in [0, 0.05) is 43.1 Å². The van der Waals surface area contributed by atoms with Gasteiger partial charge < -0.3 is 72.3 Å². The number of aldehydes is 1. The molecule has 446 valence electrons. The van der Waals surface area contributed by atoms with E-state index in [9.17, 15) is 54.6 Å². The summed E-state index contributed by atoms with van der Waals surface area (Å²) in [6.07, 6.45) is 11.8. The second-order valence-corrected chi connectivity index (χ2v) is 19.8. The van der Waals surface area contributed by atoms with Crippen molar-refractivity contribution in [1.29, 1.82) is 0 Å². The Morgan fingerprint density at radius 1 is 0.568 bits per heavy atom. The Balaban J connectivity index is 0.000000526. The number of rotatable bonds is 26. The van der Waals surface area contributed by atoms with Gasteiger partial charge >= 0.3 is 49.5 Å². The number of alkyl halides is 8. The summed E-state index contributed by atoms with van der Waals surface area (Å²) in [4.78, 5) is 35.6. The SMILES string of the molecule is CC(=O)c1ccc(OC(F)F)c(OCC2CC2)c1.CC(O)c1ccc(OC(F)F)c(OCC2CC2)c1.CN(C)/C=C/C(=O)c1ccc(OC(F)F)c(OCC2CC2)c1.CPC.O=Cc1ccc(OC(F)F)c(OCC2CC2)c1.[Br-].[CH3-].[Mg+2]. The second-order valence-electron chi connectivity index (χ2n) is 18.8. The zero-order valence-corrected chi connectivity index (χ0v) is 50.3. The number of benzene rings is 4. The minimum Gasteiger partial charge on any atom is -1.00 e. The first-order chi connectivity index (χ1) is 37.2. The van der Waals surface area contributed by atoms with Gasteiger partial charge in [-0.05, 0) is 175 Å². The van der Waals surface area contributed by atoms with E-state index in [1.165, 1.54) is 73.7 Å². The van der Waals surface area contributed by atoms with E-state index in [4.69, 9.17) is 18.9 Å². The molecule has 81 heavy (non-hydrogen) atoms. The van der Waals surface area contributed by atoms with Crippen molar-refractivity contribution >= 4 is 49.5 Å². The Morgan fingerprint density at radius 2 is 0.889 bits per heavy atom. The maximum Gasteiger partial charge on any atom is 2.00 e. The predicted molar refractivity (Wildman–Crippen MR) is 291 cm³/mol. The molecule has 0 aliphatic heterocycles. The van der Waals surface area contributed by atoms with Gasteiger partial charge in [0.25, 0.3) is 0 Å². The van der Waals surface area contributed by atoms with Gasteiger partial charge in [0.15, 0.2) is 57.6 Å². The zero-order valence-electron chi connectivity index (χ0n) is 46.3. The molecular formula is C57H71BrF8MgNO12P. The summed E-state index contributed by atoms with van der Waals surface area (Å²) in [5.74, 6) is 2.32. The van der Waals surface area contributed by atoms with Crippen molar-refractivity contribution in [2.24, 2.45) is 23.7 Å². The normalized spacial score (nSPS) is 14.2. The van der Waals surface area contributed by atoms with Gasteiger partial charge in [-0.2, -0.15) is 35.1 Å². The van der Waals surface area contributed by atoms with E-state index in [0.29, 0.717) is 78.6 Å². The van der Waals surface area contributed by atoms with Crippen LogP contribution in [-0.2, 0) is 0 Å². The molecule has 1 atom stereocenters. The summed E-state index contributed by atoms with van der Waals surface area (Å²) < 4.78 is 137. The molecule has 0 saturated heterocycles. The number of allylic oxidation sites excluding steroid dienone is 1. The van der Waals surface area contributed by atoms with Crippen molar-refractivity contribution in [3.8, 4) is 46.0 Å². The first kappa shape index (κ1) is 73.9. The molecule has 4 aliphatic carbocycles. The molecule has 4 aromatic carbocycles. The van der Waals surface area contributed by atoms with Gasteiger partial charge in [-0.3, -0.25) is 14.4 Å². The van der Waals surface area contributed by atoms with Gasteiger partial charge in [-0.1, -0.05) is 6.07 Å². The van der Waals surface area contributed by atoms with Crippen molar-refractivity contribution in [2.45, 2.75) is 97.8 Å². The Bertz CT molecular complexity index is 2520. The monoisotopic (exact) mass is 1250 g/mol. The van der Waals surface area contributed by atoms with E-state index < -0.39 is 32.5 Å². The van der Waals surface area contributed by atoms with Gasteiger partial charge in [-0.15, -0.1) is 8.58 Å². The number of Topliss-reactive ketones (excluding diaryl/α,β-unsaturated/α-hetero) is 1. The fourth-order valence-electron chi connectivity index (χ4n) is 6.28. The van der Waals surface area contributed by atoms with Crippen LogP contribution in [0.2, 0.25) is 0 Å². The molecule has 0 spiro atoms. The van der Waals surface area contributed by atoms with Crippen LogP contribution < -0.4 is 54.9 Å². The molecule has 1 unspecified atom stereocenters. The number of aliphatic hydroxyl groups is 1. The Hall–Kier alpha value is -5.09. The van der Waals surface area contributed by atoms with E-state index in [1.807, 2.05) is 0 Å². The fourth-order valence-corrected chi connectivity index (χ4v) is 6.28. The number of carbonyl (C=O) groups excluding carboxylic acids is 3. The van der Waals surface area contributed by atoms with E-state index >= 15 is 0 Å². The minimum absolute atomic E-state index is 0. The Morgan fingerprint density at radius 3 is 1.21 bits per heavy atom. The summed E-state index contributed by atoms with van der Waals surface area (Å²) in [7, 11) is 4.68. The number of hydrogen-bond donors (Lipinski definition) is 1. The standard InChI is InChI=1S/C16H19F2NO3.C13H16F2O3.C13H14F2O3.C12H12F2O3.C2H7P.CH3.BrH.Mg/c1-19(2)8-7-13(20)12-5-6-14(22-16(17)18)15(9-12)21-10-11-3-4-11;2*1-8(16)10-4-5-11(18-13(14)15)12(6-10)17-7-9-2-3-9;13-12(14)17-10-4-3-9(6-15)5-11(10)16-7-8-1-2-8;1-3-2;;;/h5-9,11,16H,3-4,10H2,1-2H3;4-6,8-9,13,16H,2-3,7H2,1H3;4-6,9,13H,2-3,7H2,1H3;3-6,8,12H,1-2,7H2;3H,1-2H3;1H3;1H;/q;;;;;-1;;+2/p-1/b8-7+;;;;;;;. The number of halogens is 9. The van der Waals surface area contributed by atoms with Crippen LogP contribution in [0.3, 0.4) is 0 Å². The zero-order chi connectivity index (χ0) is 57.3. The number of aliphatic hydroxyl groups excluding tert-OH is 1. The Kier molecular flexibility index (Phi) is 35.3. The molecule has 4 fully saturated rings. The van der Waals surface area contributed by atoms with Crippen LogP contribution in [0.15, 0.2) is 85.1 Å². The molecule has 0 radical (unpaired) electrons. The summed E-state index contributed by atoms with van der Waals surface area (Å²) in [5.41, 5.74) is 1.77. The van der Waals surface area contributed by atoms with Crippen molar-refractivity contribution in [1.82, 2.24) is 4.90 Å². The van der Waals surface area contributed by atoms with Crippen molar-refractivity contribution in [2.75, 3.05) is 53.9 Å². The third kappa shape index (κ3) is 30.7. The van der Waals surface area contributed by atoms with Crippen molar-refractivity contribution in [3.05, 3.63) is 115 Å². The predicted octanol–water partition coefficient (Wildman–Crippen LogP) is 10.6. The quantitative estimate of drug-likeness (QED) is 0.0121. The molecule has 13 nitrogen and oxygen atoms in total. The van der Waals surface area contributed by atoms with Crippen LogP contribution in [0.1, 0.15) is 108 Å². The van der Waals surface area contributed by atoms with E-state index in [1.54, 1.807) is 44.3 Å². The average Bonchev–Trinajstić information content (AvgIpc) is 4.16. The molecule has 0 aromatic heterocycles. The molecule has 0 heterocycles. The van der Waals surface area contributed by atoms with Crippen LogP contribution >= 0.6 is 8.58 Å². The average molecular weight is 1250 g/mol. The van der Waals surface area contributed by atoms with Crippen molar-refractivity contribution < 1.29 is 109 Å². The van der Waals surface area contributed by atoms with Gasteiger partial charge in [0.05, 0.1) is 32.5 Å². The van der Waals surface area contributed by atoms with Gasteiger partial charge in [0.2, 0.25) is 0 Å². The van der Waals surface area contributed by atoms with Crippen LogP contribution in [-0.4, -0.2) is 131 Å². The molecule has 0 bridgehead atoms. The minimum atomic E-state index is -2.93. The Labute approximate surface area is 497 Å². The largest absolute Gasteiger partial charge is 2.00 e. The topological polar surface area (TPSA) is 149 Å². The smallest absolute Gasteiger partial charge is 1.00 e.